The Morgan fingerprint density at radius 3 is 2.55 bits per heavy atom. The predicted molar refractivity (Wildman–Crippen MR) is 148 cm³/mol. The molecule has 1 heterocycles. The second-order valence-electron chi connectivity index (χ2n) is 10.3. The number of methoxy groups -OCH3 is 1. The molecule has 2 aromatic rings. The van der Waals surface area contributed by atoms with Crippen LogP contribution in [0, 0.1) is 18.8 Å². The van der Waals surface area contributed by atoms with Gasteiger partial charge in [-0.2, -0.15) is 0 Å². The highest BCUT2D eigenvalue weighted by Crippen LogP contribution is 2.24. The zero-order valence-corrected chi connectivity index (χ0v) is 23.1. The van der Waals surface area contributed by atoms with Gasteiger partial charge >= 0.3 is 0 Å². The van der Waals surface area contributed by atoms with Crippen molar-refractivity contribution in [1.29, 1.82) is 0 Å². The summed E-state index contributed by atoms with van der Waals surface area (Å²) in [6.07, 6.45) is -0.341. The van der Waals surface area contributed by atoms with Crippen molar-refractivity contribution in [2.75, 3.05) is 53.0 Å². The normalized spacial score (nSPS) is 17.9. The first-order valence-electron chi connectivity index (χ1n) is 13.5. The smallest absolute Gasteiger partial charge is 0.254 e. The Kier molecular flexibility index (Phi) is 11.7. The Morgan fingerprint density at radius 2 is 1.84 bits per heavy atom. The molecule has 8 heteroatoms. The van der Waals surface area contributed by atoms with Crippen molar-refractivity contribution >= 4 is 11.7 Å². The number of rotatable bonds is 15. The molecule has 0 aliphatic carbocycles. The second kappa shape index (κ2) is 15.0. The molecule has 0 saturated carbocycles. The molecule has 3 N–H and O–H groups in total. The maximum atomic E-state index is 13.6. The maximum Gasteiger partial charge on any atom is 0.254 e. The summed E-state index contributed by atoms with van der Waals surface area (Å²) < 4.78 is 11.0. The van der Waals surface area contributed by atoms with Crippen molar-refractivity contribution in [3.63, 3.8) is 0 Å². The van der Waals surface area contributed by atoms with Crippen LogP contribution in [0.1, 0.15) is 47.9 Å². The fourth-order valence-electron chi connectivity index (χ4n) is 4.76. The van der Waals surface area contributed by atoms with Crippen LogP contribution in [0.15, 0.2) is 48.5 Å². The van der Waals surface area contributed by atoms with Crippen molar-refractivity contribution in [2.24, 2.45) is 11.8 Å². The Labute approximate surface area is 226 Å². The number of aliphatic hydroxyl groups is 1. The summed E-state index contributed by atoms with van der Waals surface area (Å²) in [6.45, 7) is 10.2. The molecule has 1 aliphatic heterocycles. The molecule has 0 bridgehead atoms. The van der Waals surface area contributed by atoms with Crippen LogP contribution in [-0.4, -0.2) is 80.8 Å². The fraction of sp³-hybridized carbons (Fsp3) is 0.533. The van der Waals surface area contributed by atoms with Gasteiger partial charge in [0.1, 0.15) is 11.9 Å². The topological polar surface area (TPSA) is 100 Å². The molecule has 38 heavy (non-hydrogen) atoms. The summed E-state index contributed by atoms with van der Waals surface area (Å²) in [5, 5.41) is 17.0. The highest BCUT2D eigenvalue weighted by atomic mass is 16.5. The third-order valence-electron chi connectivity index (χ3n) is 7.11. The van der Waals surface area contributed by atoms with Gasteiger partial charge in [0.2, 0.25) is 0 Å². The average Bonchev–Trinajstić information content (AvgIpc) is 3.37. The van der Waals surface area contributed by atoms with Crippen molar-refractivity contribution in [3.8, 4) is 5.75 Å². The van der Waals surface area contributed by atoms with E-state index in [4.69, 9.17) is 9.47 Å². The first-order valence-corrected chi connectivity index (χ1v) is 13.5. The van der Waals surface area contributed by atoms with E-state index in [0.717, 1.165) is 30.8 Å². The highest BCUT2D eigenvalue weighted by molar-refractivity contribution is 5.95. The standard InChI is InChI=1S/C30H43N3O5/c1-21(2)33(30(36)24-12-11-22(3)28(15-24)38-14-8-13-37-4)20-26-18-31-16-25(26)17-32-19-27(34)29(35)23-9-6-5-7-10-23/h5-7,9-12,15,21,25-26,29,31-32,35H,8,13-14,16-20H2,1-4H3/t25-,26-,29?/m0/s1. The van der Waals surface area contributed by atoms with Gasteiger partial charge in [-0.1, -0.05) is 36.4 Å². The molecule has 1 amide bonds. The number of hydrogen-bond acceptors (Lipinski definition) is 7. The number of Topliss-reactive ketones (excluding diaryl/α,β-unsaturated/α-hetero) is 1. The third kappa shape index (κ3) is 8.36. The predicted octanol–water partition coefficient (Wildman–Crippen LogP) is 2.99. The lowest BCUT2D eigenvalue weighted by Gasteiger charge is -2.32. The monoisotopic (exact) mass is 525 g/mol. The number of ether oxygens (including phenoxy) is 2. The first kappa shape index (κ1) is 29.8. The van der Waals surface area contributed by atoms with Crippen molar-refractivity contribution in [3.05, 3.63) is 65.2 Å². The summed E-state index contributed by atoms with van der Waals surface area (Å²) in [5.74, 6) is 0.975. The molecule has 1 unspecified atom stereocenters. The number of benzene rings is 2. The lowest BCUT2D eigenvalue weighted by molar-refractivity contribution is -0.126. The van der Waals surface area contributed by atoms with E-state index in [1.807, 2.05) is 62.1 Å². The van der Waals surface area contributed by atoms with Crippen LogP contribution in [0.5, 0.6) is 5.75 Å². The van der Waals surface area contributed by atoms with Crippen LogP contribution in [0.3, 0.4) is 0 Å². The third-order valence-corrected chi connectivity index (χ3v) is 7.11. The molecule has 0 spiro atoms. The van der Waals surface area contributed by atoms with Gasteiger partial charge < -0.3 is 30.1 Å². The molecule has 1 fully saturated rings. The molecule has 3 rings (SSSR count). The Balaban J connectivity index is 1.57. The number of nitrogens with one attached hydrogen (secondary N) is 2. The average molecular weight is 526 g/mol. The van der Waals surface area contributed by atoms with Crippen LogP contribution >= 0.6 is 0 Å². The van der Waals surface area contributed by atoms with E-state index in [0.29, 0.717) is 37.4 Å². The van der Waals surface area contributed by atoms with E-state index in [1.165, 1.54) is 0 Å². The molecule has 1 saturated heterocycles. The number of carbonyl (C=O) groups is 2. The molecule has 0 aromatic heterocycles. The molecular weight excluding hydrogens is 482 g/mol. The molecule has 8 nitrogen and oxygen atoms in total. The van der Waals surface area contributed by atoms with E-state index >= 15 is 0 Å². The Morgan fingerprint density at radius 1 is 1.11 bits per heavy atom. The fourth-order valence-corrected chi connectivity index (χ4v) is 4.76. The molecule has 1 aliphatic rings. The van der Waals surface area contributed by atoms with Gasteiger partial charge in [0.05, 0.1) is 13.2 Å². The lowest BCUT2D eigenvalue weighted by atomic mass is 9.94. The molecule has 208 valence electrons. The van der Waals surface area contributed by atoms with Crippen LogP contribution in [0.4, 0.5) is 0 Å². The van der Waals surface area contributed by atoms with Gasteiger partial charge in [0, 0.05) is 44.8 Å². The quantitative estimate of drug-likeness (QED) is 0.308. The minimum Gasteiger partial charge on any atom is -0.493 e. The van der Waals surface area contributed by atoms with Gasteiger partial charge in [-0.3, -0.25) is 9.59 Å². The van der Waals surface area contributed by atoms with Gasteiger partial charge in [0.25, 0.3) is 5.91 Å². The summed E-state index contributed by atoms with van der Waals surface area (Å²) in [5.41, 5.74) is 2.21. The van der Waals surface area contributed by atoms with Crippen LogP contribution in [0.25, 0.3) is 0 Å². The van der Waals surface area contributed by atoms with Crippen LogP contribution < -0.4 is 15.4 Å². The Bertz CT molecular complexity index is 1030. The van der Waals surface area contributed by atoms with E-state index in [1.54, 1.807) is 19.2 Å². The van der Waals surface area contributed by atoms with Gasteiger partial charge in [-0.05, 0) is 69.0 Å². The summed E-state index contributed by atoms with van der Waals surface area (Å²) >= 11 is 0. The van der Waals surface area contributed by atoms with Crippen molar-refractivity contribution in [2.45, 2.75) is 39.3 Å². The van der Waals surface area contributed by atoms with Crippen molar-refractivity contribution in [1.82, 2.24) is 15.5 Å². The minimum atomic E-state index is -1.13. The number of aliphatic hydroxyl groups excluding tert-OH is 1. The number of amides is 1. The summed E-state index contributed by atoms with van der Waals surface area (Å²) in [6, 6.07) is 14.7. The molecule has 0 radical (unpaired) electrons. The minimum absolute atomic E-state index is 0.0125. The maximum absolute atomic E-state index is 13.6. The number of aryl methyl sites for hydroxylation is 1. The van der Waals surface area contributed by atoms with Crippen LogP contribution in [-0.2, 0) is 9.53 Å². The van der Waals surface area contributed by atoms with E-state index < -0.39 is 6.10 Å². The molecule has 3 atom stereocenters. The number of hydrogen-bond donors (Lipinski definition) is 3. The second-order valence-corrected chi connectivity index (χ2v) is 10.3. The Hall–Kier alpha value is -2.78. The van der Waals surface area contributed by atoms with Crippen molar-refractivity contribution < 1.29 is 24.2 Å². The van der Waals surface area contributed by atoms with E-state index in [2.05, 4.69) is 10.6 Å². The highest BCUT2D eigenvalue weighted by Gasteiger charge is 2.31. The lowest BCUT2D eigenvalue weighted by Crippen LogP contribution is -2.43. The first-order chi connectivity index (χ1) is 18.3. The molecular formula is C30H43N3O5. The van der Waals surface area contributed by atoms with Gasteiger partial charge in [-0.15, -0.1) is 0 Å². The SMILES string of the molecule is COCCCOc1cc(C(=O)N(C[C@@H]2CNC[C@H]2CNCC(=O)C(O)c2ccccc2)C(C)C)ccc1C. The zero-order chi connectivity index (χ0) is 27.5. The number of nitrogens with zero attached hydrogens (tertiary/aromatic N) is 1. The summed E-state index contributed by atoms with van der Waals surface area (Å²) in [4.78, 5) is 28.0. The van der Waals surface area contributed by atoms with Crippen LogP contribution in [0.2, 0.25) is 0 Å². The number of ketones is 1. The van der Waals surface area contributed by atoms with Gasteiger partial charge in [-0.25, -0.2) is 0 Å². The molecule has 2 aromatic carbocycles. The summed E-state index contributed by atoms with van der Waals surface area (Å²) in [7, 11) is 1.67. The van der Waals surface area contributed by atoms with E-state index in [9.17, 15) is 14.7 Å². The van der Waals surface area contributed by atoms with E-state index in [-0.39, 0.29) is 36.1 Å². The zero-order valence-electron chi connectivity index (χ0n) is 23.1. The largest absolute Gasteiger partial charge is 0.493 e. The number of carbonyl (C=O) groups excluding carboxylic acids is 2. The van der Waals surface area contributed by atoms with Gasteiger partial charge in [0.15, 0.2) is 5.78 Å².